The first-order valence-corrected chi connectivity index (χ1v) is 7.61. The van der Waals surface area contributed by atoms with Crippen molar-refractivity contribution in [3.63, 3.8) is 0 Å². The molecule has 2 aliphatic rings. The summed E-state index contributed by atoms with van der Waals surface area (Å²) >= 11 is 0. The van der Waals surface area contributed by atoms with Crippen LogP contribution in [0.25, 0.3) is 0 Å². The van der Waals surface area contributed by atoms with Gasteiger partial charge < -0.3 is 15.0 Å². The molecule has 0 radical (unpaired) electrons. The molecule has 2 amide bonds. The molecule has 98 valence electrons. The van der Waals surface area contributed by atoms with Crippen molar-refractivity contribution in [2.45, 2.75) is 24.9 Å². The van der Waals surface area contributed by atoms with Crippen LogP contribution >= 0.6 is 0 Å². The molecule has 7 heteroatoms. The van der Waals surface area contributed by atoms with Gasteiger partial charge in [-0.2, -0.15) is 0 Å². The van der Waals surface area contributed by atoms with Crippen LogP contribution in [0.4, 0.5) is 4.79 Å². The van der Waals surface area contributed by atoms with Crippen LogP contribution in [-0.4, -0.2) is 63.2 Å². The van der Waals surface area contributed by atoms with Crippen LogP contribution in [0.5, 0.6) is 0 Å². The highest BCUT2D eigenvalue weighted by Crippen LogP contribution is 2.16. The number of urea groups is 1. The molecule has 0 aliphatic carbocycles. The Morgan fingerprint density at radius 1 is 1.41 bits per heavy atom. The molecule has 0 aromatic rings. The second-order valence-electron chi connectivity index (χ2n) is 4.68. The minimum atomic E-state index is -2.95. The van der Waals surface area contributed by atoms with Crippen molar-refractivity contribution in [1.29, 1.82) is 0 Å². The molecule has 2 aliphatic heterocycles. The van der Waals surface area contributed by atoms with Gasteiger partial charge in [0.05, 0.1) is 24.2 Å². The minimum Gasteiger partial charge on any atom is -0.379 e. The Balaban J connectivity index is 1.86. The molecular weight excluding hydrogens is 244 g/mol. The Hall–Kier alpha value is -0.820. The van der Waals surface area contributed by atoms with E-state index in [0.29, 0.717) is 19.6 Å². The van der Waals surface area contributed by atoms with E-state index in [1.54, 1.807) is 7.05 Å². The molecule has 2 unspecified atom stereocenters. The number of sulfone groups is 1. The van der Waals surface area contributed by atoms with Crippen molar-refractivity contribution in [3.05, 3.63) is 0 Å². The second kappa shape index (κ2) is 4.81. The van der Waals surface area contributed by atoms with Crippen molar-refractivity contribution in [1.82, 2.24) is 10.2 Å². The number of amides is 2. The van der Waals surface area contributed by atoms with Gasteiger partial charge in [0.2, 0.25) is 0 Å². The van der Waals surface area contributed by atoms with Crippen molar-refractivity contribution in [2.24, 2.45) is 0 Å². The van der Waals surface area contributed by atoms with Gasteiger partial charge in [0.25, 0.3) is 0 Å². The van der Waals surface area contributed by atoms with E-state index in [9.17, 15) is 13.2 Å². The average molecular weight is 262 g/mol. The quantitative estimate of drug-likeness (QED) is 0.735. The third-order valence-corrected chi connectivity index (χ3v) is 5.08. The van der Waals surface area contributed by atoms with Gasteiger partial charge in [0, 0.05) is 19.7 Å². The van der Waals surface area contributed by atoms with Crippen LogP contribution in [0.3, 0.4) is 0 Å². The summed E-state index contributed by atoms with van der Waals surface area (Å²) in [6.07, 6.45) is 1.36. The lowest BCUT2D eigenvalue weighted by molar-refractivity contribution is 0.176. The molecule has 17 heavy (non-hydrogen) atoms. The molecule has 0 spiro atoms. The Morgan fingerprint density at radius 2 is 2.18 bits per heavy atom. The van der Waals surface area contributed by atoms with Crippen LogP contribution < -0.4 is 5.32 Å². The number of ether oxygens (including phenoxy) is 1. The molecule has 2 saturated heterocycles. The van der Waals surface area contributed by atoms with E-state index in [1.165, 1.54) is 4.90 Å². The van der Waals surface area contributed by atoms with E-state index >= 15 is 0 Å². The van der Waals surface area contributed by atoms with E-state index in [0.717, 1.165) is 6.42 Å². The van der Waals surface area contributed by atoms with E-state index < -0.39 is 9.84 Å². The number of carbonyl (C=O) groups excluding carboxylic acids is 1. The van der Waals surface area contributed by atoms with E-state index in [-0.39, 0.29) is 29.6 Å². The zero-order valence-electron chi connectivity index (χ0n) is 9.89. The van der Waals surface area contributed by atoms with Crippen LogP contribution in [-0.2, 0) is 14.6 Å². The summed E-state index contributed by atoms with van der Waals surface area (Å²) in [7, 11) is -1.30. The highest BCUT2D eigenvalue weighted by Gasteiger charge is 2.33. The number of carbonyl (C=O) groups is 1. The third-order valence-electron chi connectivity index (χ3n) is 3.33. The molecule has 0 aromatic heterocycles. The van der Waals surface area contributed by atoms with Gasteiger partial charge in [-0.25, -0.2) is 13.2 Å². The standard InChI is InChI=1S/C10H18N2O4S/c1-12(9-3-5-17(14,15)7-9)10(13)11-8-2-4-16-6-8/h8-9H,2-7H2,1H3,(H,11,13). The molecule has 6 nitrogen and oxygen atoms in total. The lowest BCUT2D eigenvalue weighted by Gasteiger charge is -2.25. The molecular formula is C10H18N2O4S. The number of nitrogens with one attached hydrogen (secondary N) is 1. The fourth-order valence-electron chi connectivity index (χ4n) is 2.17. The lowest BCUT2D eigenvalue weighted by atomic mass is 10.2. The highest BCUT2D eigenvalue weighted by atomic mass is 32.2. The fourth-order valence-corrected chi connectivity index (χ4v) is 3.95. The molecule has 2 atom stereocenters. The summed E-state index contributed by atoms with van der Waals surface area (Å²) in [5.41, 5.74) is 0. The van der Waals surface area contributed by atoms with Gasteiger partial charge in [0.15, 0.2) is 9.84 Å². The summed E-state index contributed by atoms with van der Waals surface area (Å²) in [6, 6.07) is -0.340. The number of nitrogens with zero attached hydrogens (tertiary/aromatic N) is 1. The Bertz CT molecular complexity index is 389. The molecule has 2 fully saturated rings. The normalized spacial score (nSPS) is 31.4. The first-order chi connectivity index (χ1) is 7.98. The molecule has 2 rings (SSSR count). The summed E-state index contributed by atoms with van der Waals surface area (Å²) in [5.74, 6) is 0.264. The third kappa shape index (κ3) is 3.10. The topological polar surface area (TPSA) is 75.7 Å². The van der Waals surface area contributed by atoms with Crippen LogP contribution in [0.1, 0.15) is 12.8 Å². The number of hydrogen-bond acceptors (Lipinski definition) is 4. The van der Waals surface area contributed by atoms with Crippen LogP contribution in [0.15, 0.2) is 0 Å². The fraction of sp³-hybridized carbons (Fsp3) is 0.900. The predicted octanol–water partition coefficient (Wildman–Crippen LogP) is -0.396. The largest absolute Gasteiger partial charge is 0.379 e. The summed E-state index contributed by atoms with van der Waals surface area (Å²) in [6.45, 7) is 1.22. The van der Waals surface area contributed by atoms with E-state index in [4.69, 9.17) is 4.74 Å². The monoisotopic (exact) mass is 262 g/mol. The van der Waals surface area contributed by atoms with Crippen molar-refractivity contribution >= 4 is 15.9 Å². The van der Waals surface area contributed by atoms with Gasteiger partial charge in [-0.15, -0.1) is 0 Å². The predicted molar refractivity (Wildman–Crippen MR) is 62.6 cm³/mol. The van der Waals surface area contributed by atoms with Gasteiger partial charge in [-0.3, -0.25) is 0 Å². The first-order valence-electron chi connectivity index (χ1n) is 5.79. The average Bonchev–Trinajstić information content (AvgIpc) is 2.86. The maximum atomic E-state index is 11.9. The summed E-state index contributed by atoms with van der Waals surface area (Å²) < 4.78 is 27.8. The maximum Gasteiger partial charge on any atom is 0.317 e. The Morgan fingerprint density at radius 3 is 2.71 bits per heavy atom. The van der Waals surface area contributed by atoms with Crippen LogP contribution in [0.2, 0.25) is 0 Å². The zero-order valence-corrected chi connectivity index (χ0v) is 10.7. The SMILES string of the molecule is CN(C(=O)NC1CCOC1)C1CCS(=O)(=O)C1. The van der Waals surface area contributed by atoms with Crippen molar-refractivity contribution < 1.29 is 17.9 Å². The van der Waals surface area contributed by atoms with Gasteiger partial charge in [-0.1, -0.05) is 0 Å². The molecule has 0 saturated carbocycles. The van der Waals surface area contributed by atoms with E-state index in [1.807, 2.05) is 0 Å². The van der Waals surface area contributed by atoms with Crippen molar-refractivity contribution in [3.8, 4) is 0 Å². The lowest BCUT2D eigenvalue weighted by Crippen LogP contribution is -2.47. The van der Waals surface area contributed by atoms with Gasteiger partial charge >= 0.3 is 6.03 Å². The molecule has 0 bridgehead atoms. The van der Waals surface area contributed by atoms with Crippen molar-refractivity contribution in [2.75, 3.05) is 31.8 Å². The molecule has 1 N–H and O–H groups in total. The zero-order chi connectivity index (χ0) is 12.5. The number of rotatable bonds is 2. The van der Waals surface area contributed by atoms with E-state index in [2.05, 4.69) is 5.32 Å². The summed E-state index contributed by atoms with van der Waals surface area (Å²) in [5, 5.41) is 2.85. The molecule has 0 aromatic carbocycles. The van der Waals surface area contributed by atoms with Gasteiger partial charge in [-0.05, 0) is 12.8 Å². The highest BCUT2D eigenvalue weighted by molar-refractivity contribution is 7.91. The summed E-state index contributed by atoms with van der Waals surface area (Å²) in [4.78, 5) is 13.4. The smallest absolute Gasteiger partial charge is 0.317 e. The second-order valence-corrected chi connectivity index (χ2v) is 6.91. The minimum absolute atomic E-state index is 0.0583. The number of hydrogen-bond donors (Lipinski definition) is 1. The first kappa shape index (κ1) is 12.6. The Kier molecular flexibility index (Phi) is 3.58. The van der Waals surface area contributed by atoms with Gasteiger partial charge in [0.1, 0.15) is 0 Å². The molecule has 2 heterocycles. The Labute approximate surface area is 101 Å². The maximum absolute atomic E-state index is 11.9. The van der Waals surface area contributed by atoms with Crippen LogP contribution in [0, 0.1) is 0 Å².